The number of sulfonamides is 1. The third-order valence-electron chi connectivity index (χ3n) is 6.01. The summed E-state index contributed by atoms with van der Waals surface area (Å²) in [6.45, 7) is 2.07. The number of alkyl halides is 4. The highest BCUT2D eigenvalue weighted by atomic mass is 32.2. The Labute approximate surface area is 211 Å². The zero-order chi connectivity index (χ0) is 27.0. The highest BCUT2D eigenvalue weighted by Crippen LogP contribution is 2.35. The van der Waals surface area contributed by atoms with Gasteiger partial charge in [-0.25, -0.2) is 26.0 Å². The summed E-state index contributed by atoms with van der Waals surface area (Å²) < 4.78 is 84.0. The predicted octanol–water partition coefficient (Wildman–Crippen LogP) is 6.53. The Hall–Kier alpha value is -3.66. The van der Waals surface area contributed by atoms with Crippen LogP contribution in [0.4, 0.5) is 23.2 Å². The van der Waals surface area contributed by atoms with Crippen LogP contribution < -0.4 is 10.3 Å². The maximum atomic E-state index is 14.5. The molecule has 4 rings (SSSR count). The lowest BCUT2D eigenvalue weighted by molar-refractivity contribution is -0.00688. The van der Waals surface area contributed by atoms with Gasteiger partial charge in [0, 0.05) is 47.1 Å². The molecule has 37 heavy (non-hydrogen) atoms. The molecule has 0 spiro atoms. The van der Waals surface area contributed by atoms with Gasteiger partial charge in [-0.3, -0.25) is 9.52 Å². The van der Waals surface area contributed by atoms with E-state index in [2.05, 4.69) is 9.71 Å². The molecule has 0 amide bonds. The highest BCUT2D eigenvalue weighted by molar-refractivity contribution is 7.92. The number of H-pyrrole nitrogens is 1. The number of anilines is 1. The number of fused-ring (bicyclic) bond motifs is 1. The van der Waals surface area contributed by atoms with Crippen LogP contribution in [-0.4, -0.2) is 13.4 Å². The van der Waals surface area contributed by atoms with Crippen molar-refractivity contribution in [3.05, 3.63) is 105 Å². The molecule has 0 aliphatic carbocycles. The van der Waals surface area contributed by atoms with Crippen molar-refractivity contribution in [2.24, 2.45) is 0 Å². The van der Waals surface area contributed by atoms with Crippen LogP contribution in [0.15, 0.2) is 82.5 Å². The Morgan fingerprint density at radius 3 is 2.22 bits per heavy atom. The zero-order valence-corrected chi connectivity index (χ0v) is 20.8. The summed E-state index contributed by atoms with van der Waals surface area (Å²) in [5, 5.41) is 0.243. The van der Waals surface area contributed by atoms with E-state index >= 15 is 0 Å². The van der Waals surface area contributed by atoms with Gasteiger partial charge in [-0.1, -0.05) is 37.3 Å². The number of aromatic amines is 1. The third kappa shape index (κ3) is 5.85. The third-order valence-corrected chi connectivity index (χ3v) is 7.41. The summed E-state index contributed by atoms with van der Waals surface area (Å²) in [5.41, 5.74) is 0.464. The van der Waals surface area contributed by atoms with Crippen molar-refractivity contribution in [3.63, 3.8) is 0 Å². The molecule has 0 unspecified atom stereocenters. The maximum Gasteiger partial charge on any atom is 0.273 e. The smallest absolute Gasteiger partial charge is 0.273 e. The summed E-state index contributed by atoms with van der Waals surface area (Å²) in [6, 6.07) is 16.7. The number of hydrogen-bond acceptors (Lipinski definition) is 3. The van der Waals surface area contributed by atoms with Crippen LogP contribution in [0.5, 0.6) is 0 Å². The lowest BCUT2D eigenvalue weighted by Gasteiger charge is -2.17. The Morgan fingerprint density at radius 1 is 0.892 bits per heavy atom. The Bertz CT molecular complexity index is 1610. The summed E-state index contributed by atoms with van der Waals surface area (Å²) in [6.07, 6.45) is -0.126. The van der Waals surface area contributed by atoms with E-state index in [-0.39, 0.29) is 27.1 Å². The van der Waals surface area contributed by atoms with E-state index in [9.17, 15) is 30.8 Å². The number of aromatic nitrogens is 1. The largest absolute Gasteiger partial charge is 0.322 e. The van der Waals surface area contributed by atoms with Crippen molar-refractivity contribution in [1.82, 2.24) is 4.98 Å². The number of hydrogen-bond donors (Lipinski definition) is 2. The van der Waals surface area contributed by atoms with Crippen molar-refractivity contribution < 1.29 is 26.0 Å². The van der Waals surface area contributed by atoms with Gasteiger partial charge in [-0.05, 0) is 53.9 Å². The first-order valence-electron chi connectivity index (χ1n) is 11.4. The molecule has 0 saturated heterocycles. The second-order valence-corrected chi connectivity index (χ2v) is 10.6. The van der Waals surface area contributed by atoms with E-state index in [4.69, 9.17) is 0 Å². The molecule has 0 radical (unpaired) electrons. The fourth-order valence-electron chi connectivity index (χ4n) is 4.00. The minimum Gasteiger partial charge on any atom is -0.322 e. The van der Waals surface area contributed by atoms with Gasteiger partial charge in [0.25, 0.3) is 21.9 Å². The van der Waals surface area contributed by atoms with Gasteiger partial charge in [-0.15, -0.1) is 0 Å². The molecule has 0 fully saturated rings. The van der Waals surface area contributed by atoms with Crippen LogP contribution in [0.25, 0.3) is 10.9 Å². The SMILES string of the molecule is CCC(F)(F)c1cc(=O)[nH]c2ccc(Cc3ccc(S(=O)(=O)Nc4cccc(C(C)(F)F)c4)cc3)cc12. The van der Waals surface area contributed by atoms with Crippen LogP contribution in [0, 0.1) is 0 Å². The molecule has 194 valence electrons. The molecule has 5 nitrogen and oxygen atoms in total. The summed E-state index contributed by atoms with van der Waals surface area (Å²) in [4.78, 5) is 14.4. The minimum absolute atomic E-state index is 0.0111. The topological polar surface area (TPSA) is 79.0 Å². The van der Waals surface area contributed by atoms with Crippen LogP contribution >= 0.6 is 0 Å². The fourth-order valence-corrected chi connectivity index (χ4v) is 5.05. The molecule has 0 bridgehead atoms. The first-order valence-corrected chi connectivity index (χ1v) is 12.9. The van der Waals surface area contributed by atoms with Crippen LogP contribution in [0.1, 0.15) is 42.5 Å². The van der Waals surface area contributed by atoms with E-state index in [1.54, 1.807) is 30.3 Å². The molecular weight excluding hydrogens is 508 g/mol. The first-order chi connectivity index (χ1) is 17.3. The Kier molecular flexibility index (Phi) is 6.89. The van der Waals surface area contributed by atoms with Crippen molar-refractivity contribution >= 4 is 26.6 Å². The van der Waals surface area contributed by atoms with Gasteiger partial charge < -0.3 is 4.98 Å². The standard InChI is InChI=1S/C27H24F4N2O3S/c1-3-27(30,31)23-16-25(34)32-24-12-9-18(14-22(23)24)13-17-7-10-21(11-8-17)37(35,36)33-20-6-4-5-19(15-20)26(2,28)29/h4-12,14-16,33H,3,13H2,1-2H3,(H,32,34). The van der Waals surface area contributed by atoms with Crippen molar-refractivity contribution in [1.29, 1.82) is 0 Å². The van der Waals surface area contributed by atoms with Gasteiger partial charge >= 0.3 is 0 Å². The maximum absolute atomic E-state index is 14.5. The molecule has 2 N–H and O–H groups in total. The molecule has 3 aromatic carbocycles. The molecule has 4 aromatic rings. The van der Waals surface area contributed by atoms with E-state index in [1.165, 1.54) is 37.3 Å². The zero-order valence-electron chi connectivity index (χ0n) is 20.0. The molecule has 1 heterocycles. The van der Waals surface area contributed by atoms with Gasteiger partial charge in [0.05, 0.1) is 4.90 Å². The van der Waals surface area contributed by atoms with E-state index in [1.807, 2.05) is 0 Å². The fraction of sp³-hybridized carbons (Fsp3) is 0.222. The van der Waals surface area contributed by atoms with E-state index in [0.29, 0.717) is 17.5 Å². The average molecular weight is 533 g/mol. The summed E-state index contributed by atoms with van der Waals surface area (Å²) >= 11 is 0. The minimum atomic E-state index is -4.03. The van der Waals surface area contributed by atoms with Crippen molar-refractivity contribution in [3.8, 4) is 0 Å². The molecule has 0 saturated carbocycles. The molecule has 0 aliphatic heterocycles. The Morgan fingerprint density at radius 2 is 1.57 bits per heavy atom. The average Bonchev–Trinajstić information content (AvgIpc) is 2.83. The number of pyridine rings is 1. The second-order valence-electron chi connectivity index (χ2n) is 8.88. The van der Waals surface area contributed by atoms with Crippen molar-refractivity contribution in [2.45, 2.75) is 43.4 Å². The lowest BCUT2D eigenvalue weighted by atomic mass is 9.97. The molecule has 10 heteroatoms. The van der Waals surface area contributed by atoms with Gasteiger partial charge in [0.2, 0.25) is 5.56 Å². The van der Waals surface area contributed by atoms with E-state index in [0.717, 1.165) is 24.6 Å². The predicted molar refractivity (Wildman–Crippen MR) is 135 cm³/mol. The summed E-state index contributed by atoms with van der Waals surface area (Å²) in [5.74, 6) is -6.28. The number of rotatable bonds is 8. The quantitative estimate of drug-likeness (QED) is 0.253. The van der Waals surface area contributed by atoms with Crippen molar-refractivity contribution in [2.75, 3.05) is 4.72 Å². The summed E-state index contributed by atoms with van der Waals surface area (Å²) in [7, 11) is -4.03. The number of halogens is 4. The molecule has 0 atom stereocenters. The number of benzene rings is 3. The first kappa shape index (κ1) is 26.4. The van der Waals surface area contributed by atoms with Crippen LogP contribution in [0.2, 0.25) is 0 Å². The highest BCUT2D eigenvalue weighted by Gasteiger charge is 2.31. The molecule has 0 aliphatic rings. The van der Waals surface area contributed by atoms with Crippen LogP contribution in [-0.2, 0) is 28.3 Å². The van der Waals surface area contributed by atoms with Gasteiger partial charge in [-0.2, -0.15) is 0 Å². The normalized spacial score (nSPS) is 12.6. The Balaban J connectivity index is 1.57. The second kappa shape index (κ2) is 9.66. The van der Waals surface area contributed by atoms with Crippen LogP contribution in [0.3, 0.4) is 0 Å². The van der Waals surface area contributed by atoms with E-state index < -0.39 is 33.8 Å². The molecular formula is C27H24F4N2O3S. The number of nitrogens with one attached hydrogen (secondary N) is 2. The molecule has 1 aromatic heterocycles. The van der Waals surface area contributed by atoms with Gasteiger partial charge in [0.1, 0.15) is 0 Å². The monoisotopic (exact) mass is 532 g/mol. The lowest BCUT2D eigenvalue weighted by Crippen LogP contribution is -2.17. The van der Waals surface area contributed by atoms with Gasteiger partial charge in [0.15, 0.2) is 0 Å².